The van der Waals surface area contributed by atoms with Gasteiger partial charge >= 0.3 is 0 Å². The van der Waals surface area contributed by atoms with Gasteiger partial charge in [0.15, 0.2) is 5.96 Å². The number of hydrogen-bond donors (Lipinski definition) is 2. The van der Waals surface area contributed by atoms with Crippen molar-refractivity contribution in [2.45, 2.75) is 51.0 Å². The zero-order valence-corrected chi connectivity index (χ0v) is 18.8. The van der Waals surface area contributed by atoms with Crippen LogP contribution in [-0.4, -0.2) is 72.7 Å². The van der Waals surface area contributed by atoms with E-state index >= 15 is 0 Å². The number of nitrogens with zero attached hydrogens (tertiary/aromatic N) is 3. The third-order valence-electron chi connectivity index (χ3n) is 6.75. The SMILES string of the molecule is CN=C(NCCCCN1C(=O)c2ccccc2C1=O)NC1CCN(C(=O)C2CCCC2)C1. The van der Waals surface area contributed by atoms with Gasteiger partial charge in [0, 0.05) is 45.2 Å². The summed E-state index contributed by atoms with van der Waals surface area (Å²) in [6, 6.07) is 7.19. The Hall–Kier alpha value is -2.90. The third-order valence-corrected chi connectivity index (χ3v) is 6.75. The molecule has 1 unspecified atom stereocenters. The monoisotopic (exact) mass is 439 g/mol. The van der Waals surface area contributed by atoms with Gasteiger partial charge in [-0.25, -0.2) is 0 Å². The number of guanidine groups is 1. The van der Waals surface area contributed by atoms with E-state index in [1.807, 2.05) is 4.90 Å². The molecular weight excluding hydrogens is 406 g/mol. The molecule has 3 amide bonds. The predicted molar refractivity (Wildman–Crippen MR) is 122 cm³/mol. The molecule has 32 heavy (non-hydrogen) atoms. The van der Waals surface area contributed by atoms with Gasteiger partial charge in [-0.2, -0.15) is 0 Å². The second kappa shape index (κ2) is 10.1. The molecule has 1 saturated heterocycles. The quantitative estimate of drug-likeness (QED) is 0.293. The number of hydrogen-bond acceptors (Lipinski definition) is 4. The lowest BCUT2D eigenvalue weighted by atomic mass is 10.1. The molecule has 1 saturated carbocycles. The van der Waals surface area contributed by atoms with Crippen LogP contribution in [0.15, 0.2) is 29.3 Å². The van der Waals surface area contributed by atoms with Gasteiger partial charge in [-0.1, -0.05) is 25.0 Å². The number of carbonyl (C=O) groups is 3. The zero-order chi connectivity index (χ0) is 22.5. The number of amides is 3. The van der Waals surface area contributed by atoms with Crippen molar-refractivity contribution in [1.29, 1.82) is 0 Å². The molecule has 4 rings (SSSR count). The van der Waals surface area contributed by atoms with Crippen LogP contribution in [0.4, 0.5) is 0 Å². The minimum atomic E-state index is -0.200. The zero-order valence-electron chi connectivity index (χ0n) is 18.8. The Morgan fingerprint density at radius 2 is 1.75 bits per heavy atom. The highest BCUT2D eigenvalue weighted by molar-refractivity contribution is 6.21. The highest BCUT2D eigenvalue weighted by Crippen LogP contribution is 2.28. The fourth-order valence-corrected chi connectivity index (χ4v) is 4.94. The highest BCUT2D eigenvalue weighted by atomic mass is 16.2. The van der Waals surface area contributed by atoms with Crippen molar-refractivity contribution in [1.82, 2.24) is 20.4 Å². The van der Waals surface area contributed by atoms with Crippen molar-refractivity contribution < 1.29 is 14.4 Å². The molecule has 1 aliphatic carbocycles. The number of unbranched alkanes of at least 4 members (excludes halogenated alkanes) is 1. The number of nitrogens with one attached hydrogen (secondary N) is 2. The standard InChI is InChI=1S/C24H33N5O3/c1-25-24(27-18-12-15-28(16-18)21(30)17-8-2-3-9-17)26-13-6-7-14-29-22(31)19-10-4-5-11-20(19)23(29)32/h4-5,10-11,17-18H,2-3,6-9,12-16H2,1H3,(H2,25,26,27). The molecule has 2 N–H and O–H groups in total. The number of fused-ring (bicyclic) bond motifs is 1. The summed E-state index contributed by atoms with van der Waals surface area (Å²) in [5.74, 6) is 0.880. The summed E-state index contributed by atoms with van der Waals surface area (Å²) >= 11 is 0. The van der Waals surface area contributed by atoms with Crippen molar-refractivity contribution in [3.05, 3.63) is 35.4 Å². The molecule has 2 heterocycles. The molecule has 2 aliphatic heterocycles. The molecule has 1 aromatic carbocycles. The molecule has 0 aromatic heterocycles. The van der Waals surface area contributed by atoms with Gasteiger partial charge in [-0.3, -0.25) is 24.3 Å². The lowest BCUT2D eigenvalue weighted by Gasteiger charge is -2.21. The third kappa shape index (κ3) is 4.79. The number of rotatable bonds is 7. The topological polar surface area (TPSA) is 94.1 Å². The predicted octanol–water partition coefficient (Wildman–Crippen LogP) is 2.02. The van der Waals surface area contributed by atoms with E-state index in [1.54, 1.807) is 31.3 Å². The average molecular weight is 440 g/mol. The summed E-state index contributed by atoms with van der Waals surface area (Å²) in [6.45, 7) is 2.65. The lowest BCUT2D eigenvalue weighted by Crippen LogP contribution is -2.45. The normalized spacial score (nSPS) is 21.4. The van der Waals surface area contributed by atoms with Gasteiger partial charge < -0.3 is 15.5 Å². The minimum absolute atomic E-state index is 0.200. The Morgan fingerprint density at radius 1 is 1.06 bits per heavy atom. The fraction of sp³-hybridized carbons (Fsp3) is 0.583. The van der Waals surface area contributed by atoms with Crippen LogP contribution in [0.25, 0.3) is 0 Å². The van der Waals surface area contributed by atoms with Gasteiger partial charge in [-0.15, -0.1) is 0 Å². The Balaban J connectivity index is 1.15. The molecule has 2 fully saturated rings. The van der Waals surface area contributed by atoms with Gasteiger partial charge in [0.05, 0.1) is 11.1 Å². The number of likely N-dealkylation sites (tertiary alicyclic amines) is 1. The number of benzene rings is 1. The van der Waals surface area contributed by atoms with Crippen LogP contribution in [0.5, 0.6) is 0 Å². The Morgan fingerprint density at radius 3 is 2.41 bits per heavy atom. The minimum Gasteiger partial charge on any atom is -0.356 e. The first-order valence-corrected chi connectivity index (χ1v) is 11.8. The molecule has 0 spiro atoms. The molecule has 1 atom stereocenters. The first kappa shape index (κ1) is 22.3. The number of aliphatic imine (C=N–C) groups is 1. The summed E-state index contributed by atoms with van der Waals surface area (Å²) in [5, 5.41) is 6.73. The van der Waals surface area contributed by atoms with Gasteiger partial charge in [0.2, 0.25) is 5.91 Å². The highest BCUT2D eigenvalue weighted by Gasteiger charge is 2.34. The van der Waals surface area contributed by atoms with E-state index in [0.717, 1.165) is 51.2 Å². The summed E-state index contributed by atoms with van der Waals surface area (Å²) < 4.78 is 0. The molecule has 8 nitrogen and oxygen atoms in total. The second-order valence-electron chi connectivity index (χ2n) is 8.91. The lowest BCUT2D eigenvalue weighted by molar-refractivity contribution is -0.134. The fourth-order valence-electron chi connectivity index (χ4n) is 4.94. The van der Waals surface area contributed by atoms with E-state index in [0.29, 0.717) is 30.1 Å². The maximum atomic E-state index is 12.6. The summed E-state index contributed by atoms with van der Waals surface area (Å²) in [6.07, 6.45) is 6.90. The van der Waals surface area contributed by atoms with Crippen LogP contribution in [0.3, 0.4) is 0 Å². The van der Waals surface area contributed by atoms with Gasteiger partial charge in [-0.05, 0) is 44.2 Å². The Bertz CT molecular complexity index is 858. The molecule has 8 heteroatoms. The molecule has 0 bridgehead atoms. The smallest absolute Gasteiger partial charge is 0.261 e. The largest absolute Gasteiger partial charge is 0.356 e. The molecule has 0 radical (unpaired) electrons. The van der Waals surface area contributed by atoms with Crippen molar-refractivity contribution in [2.24, 2.45) is 10.9 Å². The van der Waals surface area contributed by atoms with E-state index in [9.17, 15) is 14.4 Å². The number of imide groups is 1. The Labute approximate surface area is 189 Å². The molecule has 172 valence electrons. The van der Waals surface area contributed by atoms with Crippen LogP contribution in [-0.2, 0) is 4.79 Å². The summed E-state index contributed by atoms with van der Waals surface area (Å²) in [5.41, 5.74) is 0.995. The van der Waals surface area contributed by atoms with Crippen molar-refractivity contribution >= 4 is 23.7 Å². The first-order chi connectivity index (χ1) is 15.6. The maximum Gasteiger partial charge on any atom is 0.261 e. The van der Waals surface area contributed by atoms with E-state index in [1.165, 1.54) is 17.7 Å². The molecular formula is C24H33N5O3. The van der Waals surface area contributed by atoms with Crippen LogP contribution in [0.1, 0.15) is 65.7 Å². The summed E-state index contributed by atoms with van der Waals surface area (Å²) in [4.78, 5) is 45.1. The van der Waals surface area contributed by atoms with Gasteiger partial charge in [0.25, 0.3) is 11.8 Å². The van der Waals surface area contributed by atoms with E-state index < -0.39 is 0 Å². The van der Waals surface area contributed by atoms with Crippen molar-refractivity contribution in [3.63, 3.8) is 0 Å². The molecule has 1 aromatic rings. The van der Waals surface area contributed by atoms with Crippen LogP contribution in [0.2, 0.25) is 0 Å². The van der Waals surface area contributed by atoms with Crippen molar-refractivity contribution in [3.8, 4) is 0 Å². The van der Waals surface area contributed by atoms with Gasteiger partial charge in [0.1, 0.15) is 0 Å². The van der Waals surface area contributed by atoms with E-state index in [4.69, 9.17) is 0 Å². The first-order valence-electron chi connectivity index (χ1n) is 11.8. The Kier molecular flexibility index (Phi) is 7.07. The molecule has 3 aliphatic rings. The van der Waals surface area contributed by atoms with E-state index in [2.05, 4.69) is 15.6 Å². The summed E-state index contributed by atoms with van der Waals surface area (Å²) in [7, 11) is 1.74. The number of carbonyl (C=O) groups excluding carboxylic acids is 3. The van der Waals surface area contributed by atoms with Crippen LogP contribution < -0.4 is 10.6 Å². The van der Waals surface area contributed by atoms with E-state index in [-0.39, 0.29) is 23.8 Å². The van der Waals surface area contributed by atoms with Crippen LogP contribution in [0, 0.1) is 5.92 Å². The average Bonchev–Trinajstić information content (AvgIpc) is 3.55. The van der Waals surface area contributed by atoms with Crippen molar-refractivity contribution in [2.75, 3.05) is 33.2 Å². The second-order valence-corrected chi connectivity index (χ2v) is 8.91. The van der Waals surface area contributed by atoms with Crippen LogP contribution >= 0.6 is 0 Å². The maximum absolute atomic E-state index is 12.6.